The second-order valence-electron chi connectivity index (χ2n) is 2.53. The van der Waals surface area contributed by atoms with Crippen molar-refractivity contribution >= 4 is 11.4 Å². The molecule has 0 aromatic heterocycles. The average Bonchev–Trinajstić information content (AvgIpc) is 2.15. The van der Waals surface area contributed by atoms with E-state index >= 15 is 0 Å². The molecular formula is C10H12N2O. The van der Waals surface area contributed by atoms with Gasteiger partial charge in [0.25, 0.3) is 0 Å². The summed E-state index contributed by atoms with van der Waals surface area (Å²) < 4.78 is 0. The first-order chi connectivity index (χ1) is 6.24. The van der Waals surface area contributed by atoms with E-state index in [9.17, 15) is 0 Å². The number of hydrogen-bond donors (Lipinski definition) is 3. The zero-order chi connectivity index (χ0) is 9.68. The van der Waals surface area contributed by atoms with E-state index in [2.05, 4.69) is 11.9 Å². The van der Waals surface area contributed by atoms with E-state index in [4.69, 9.17) is 10.8 Å². The summed E-state index contributed by atoms with van der Waals surface area (Å²) >= 11 is 0. The zero-order valence-electron chi connectivity index (χ0n) is 7.20. The third-order valence-corrected chi connectivity index (χ3v) is 1.56. The molecule has 4 N–H and O–H groups in total. The van der Waals surface area contributed by atoms with Gasteiger partial charge in [0.05, 0.1) is 0 Å². The highest BCUT2D eigenvalue weighted by molar-refractivity contribution is 5.59. The maximum atomic E-state index is 9.04. The Morgan fingerprint density at radius 2 is 2.00 bits per heavy atom. The van der Waals surface area contributed by atoms with Crippen LogP contribution in [0.15, 0.2) is 43.2 Å². The van der Waals surface area contributed by atoms with Crippen molar-refractivity contribution in [3.8, 4) is 0 Å². The van der Waals surface area contributed by atoms with E-state index in [1.165, 1.54) is 6.20 Å². The van der Waals surface area contributed by atoms with Crippen LogP contribution in [-0.2, 0) is 0 Å². The molecule has 0 unspecified atom stereocenters. The molecule has 0 aliphatic rings. The summed E-state index contributed by atoms with van der Waals surface area (Å²) in [4.78, 5) is 0. The molecule has 68 valence electrons. The number of benzene rings is 1. The Balaban J connectivity index is 2.75. The standard InChI is InChI=1S/C10H12N2O/c1-8(13)9-2-4-10(5-3-9)12-7-6-11/h2-7,12-13H,1,11H2/b7-6-. The summed E-state index contributed by atoms with van der Waals surface area (Å²) in [6.45, 7) is 3.42. The van der Waals surface area contributed by atoms with Crippen molar-refractivity contribution in [1.82, 2.24) is 0 Å². The van der Waals surface area contributed by atoms with E-state index in [1.54, 1.807) is 18.3 Å². The lowest BCUT2D eigenvalue weighted by molar-refractivity contribution is 0.514. The molecule has 0 spiro atoms. The predicted molar refractivity (Wildman–Crippen MR) is 55.1 cm³/mol. The molecule has 0 heterocycles. The Labute approximate surface area is 77.2 Å². The molecular weight excluding hydrogens is 164 g/mol. The minimum Gasteiger partial charge on any atom is -0.508 e. The molecule has 0 bridgehead atoms. The summed E-state index contributed by atoms with van der Waals surface area (Å²) in [6.07, 6.45) is 3.04. The lowest BCUT2D eigenvalue weighted by atomic mass is 10.2. The first-order valence-electron chi connectivity index (χ1n) is 3.85. The number of nitrogens with one attached hydrogen (secondary N) is 1. The van der Waals surface area contributed by atoms with E-state index in [0.29, 0.717) is 5.56 Å². The van der Waals surface area contributed by atoms with Crippen LogP contribution in [0.3, 0.4) is 0 Å². The van der Waals surface area contributed by atoms with Crippen LogP contribution in [-0.4, -0.2) is 5.11 Å². The first-order valence-corrected chi connectivity index (χ1v) is 3.85. The Morgan fingerprint density at radius 3 is 2.46 bits per heavy atom. The molecule has 13 heavy (non-hydrogen) atoms. The van der Waals surface area contributed by atoms with Gasteiger partial charge in [-0.2, -0.15) is 0 Å². The second kappa shape index (κ2) is 4.21. The molecule has 1 aromatic carbocycles. The molecule has 0 aliphatic heterocycles. The van der Waals surface area contributed by atoms with Crippen molar-refractivity contribution in [2.75, 3.05) is 5.32 Å². The fourth-order valence-electron chi connectivity index (χ4n) is 0.903. The number of nitrogens with two attached hydrogens (primary N) is 1. The third kappa shape index (κ3) is 2.56. The lowest BCUT2D eigenvalue weighted by Crippen LogP contribution is -1.90. The highest BCUT2D eigenvalue weighted by atomic mass is 16.3. The van der Waals surface area contributed by atoms with Crippen LogP contribution < -0.4 is 11.1 Å². The molecule has 0 radical (unpaired) electrons. The van der Waals surface area contributed by atoms with Crippen LogP contribution in [0.1, 0.15) is 5.56 Å². The Morgan fingerprint density at radius 1 is 1.38 bits per heavy atom. The SMILES string of the molecule is C=C(O)c1ccc(N/C=C\N)cc1. The first kappa shape index (κ1) is 9.19. The van der Waals surface area contributed by atoms with E-state index in [0.717, 1.165) is 5.69 Å². The van der Waals surface area contributed by atoms with Crippen molar-refractivity contribution < 1.29 is 5.11 Å². The van der Waals surface area contributed by atoms with Crippen molar-refractivity contribution in [2.24, 2.45) is 5.73 Å². The van der Waals surface area contributed by atoms with Crippen LogP contribution in [0.25, 0.3) is 5.76 Å². The van der Waals surface area contributed by atoms with Gasteiger partial charge >= 0.3 is 0 Å². The van der Waals surface area contributed by atoms with Gasteiger partial charge in [-0.3, -0.25) is 0 Å². The number of rotatable bonds is 3. The molecule has 0 saturated heterocycles. The molecule has 3 nitrogen and oxygen atoms in total. The summed E-state index contributed by atoms with van der Waals surface area (Å²) in [5.74, 6) is 0.0703. The zero-order valence-corrected chi connectivity index (χ0v) is 7.20. The molecule has 1 aromatic rings. The number of hydrogen-bond acceptors (Lipinski definition) is 3. The molecule has 3 heteroatoms. The molecule has 0 fully saturated rings. The van der Waals surface area contributed by atoms with Crippen molar-refractivity contribution in [1.29, 1.82) is 0 Å². The Hall–Kier alpha value is -1.90. The monoisotopic (exact) mass is 176 g/mol. The van der Waals surface area contributed by atoms with Gasteiger partial charge < -0.3 is 16.2 Å². The van der Waals surface area contributed by atoms with Gasteiger partial charge in [-0.05, 0) is 24.3 Å². The number of aliphatic hydroxyl groups is 1. The van der Waals surface area contributed by atoms with Gasteiger partial charge in [0.15, 0.2) is 0 Å². The topological polar surface area (TPSA) is 58.3 Å². The predicted octanol–water partition coefficient (Wildman–Crippen LogP) is 2.06. The van der Waals surface area contributed by atoms with Crippen molar-refractivity contribution in [3.05, 3.63) is 48.8 Å². The Bertz CT molecular complexity index is 314. The van der Waals surface area contributed by atoms with E-state index < -0.39 is 0 Å². The van der Waals surface area contributed by atoms with Crippen molar-refractivity contribution in [2.45, 2.75) is 0 Å². The average molecular weight is 176 g/mol. The molecule has 0 aliphatic carbocycles. The molecule has 0 atom stereocenters. The van der Waals surface area contributed by atoms with Gasteiger partial charge in [0.2, 0.25) is 0 Å². The molecule has 1 rings (SSSR count). The van der Waals surface area contributed by atoms with Crippen molar-refractivity contribution in [3.63, 3.8) is 0 Å². The lowest BCUT2D eigenvalue weighted by Gasteiger charge is -2.01. The van der Waals surface area contributed by atoms with Gasteiger partial charge in [-0.15, -0.1) is 0 Å². The van der Waals surface area contributed by atoms with E-state index in [1.807, 2.05) is 12.1 Å². The number of aliphatic hydroxyl groups excluding tert-OH is 1. The molecule has 0 saturated carbocycles. The normalized spacial score (nSPS) is 10.2. The van der Waals surface area contributed by atoms with Gasteiger partial charge in [0.1, 0.15) is 5.76 Å². The minimum absolute atomic E-state index is 0.0703. The summed E-state index contributed by atoms with van der Waals surface area (Å²) in [7, 11) is 0. The summed E-state index contributed by atoms with van der Waals surface area (Å²) in [5.41, 5.74) is 6.78. The van der Waals surface area contributed by atoms with Gasteiger partial charge in [0, 0.05) is 23.7 Å². The summed E-state index contributed by atoms with van der Waals surface area (Å²) in [6, 6.07) is 7.21. The smallest absolute Gasteiger partial charge is 0.115 e. The summed E-state index contributed by atoms with van der Waals surface area (Å²) in [5, 5.41) is 12.0. The maximum absolute atomic E-state index is 9.04. The Kier molecular flexibility index (Phi) is 2.97. The maximum Gasteiger partial charge on any atom is 0.115 e. The van der Waals surface area contributed by atoms with Crippen LogP contribution >= 0.6 is 0 Å². The van der Waals surface area contributed by atoms with Gasteiger partial charge in [-0.25, -0.2) is 0 Å². The fourth-order valence-corrected chi connectivity index (χ4v) is 0.903. The minimum atomic E-state index is 0.0703. The quantitative estimate of drug-likeness (QED) is 0.618. The highest BCUT2D eigenvalue weighted by Gasteiger charge is 1.94. The largest absolute Gasteiger partial charge is 0.508 e. The van der Waals surface area contributed by atoms with Crippen LogP contribution in [0.2, 0.25) is 0 Å². The van der Waals surface area contributed by atoms with Gasteiger partial charge in [-0.1, -0.05) is 6.58 Å². The fraction of sp³-hybridized carbons (Fsp3) is 0. The van der Waals surface area contributed by atoms with Crippen LogP contribution in [0, 0.1) is 0 Å². The molecule has 0 amide bonds. The highest BCUT2D eigenvalue weighted by Crippen LogP contribution is 2.13. The van der Waals surface area contributed by atoms with Crippen LogP contribution in [0.5, 0.6) is 0 Å². The van der Waals surface area contributed by atoms with E-state index in [-0.39, 0.29) is 5.76 Å². The number of anilines is 1. The second-order valence-corrected chi connectivity index (χ2v) is 2.53. The third-order valence-electron chi connectivity index (χ3n) is 1.56. The van der Waals surface area contributed by atoms with Crippen LogP contribution in [0.4, 0.5) is 5.69 Å².